The maximum absolute atomic E-state index is 9.40. The molecule has 2 rings (SSSR count). The van der Waals surface area contributed by atoms with Gasteiger partial charge in [0, 0.05) is 12.7 Å². The van der Waals surface area contributed by atoms with E-state index in [0.717, 1.165) is 0 Å². The molecule has 0 atom stereocenters. The predicted molar refractivity (Wildman–Crippen MR) is 77.0 cm³/mol. The number of hydrogen-bond donors (Lipinski definition) is 2. The number of anilines is 1. The molecule has 100 valence electrons. The van der Waals surface area contributed by atoms with Gasteiger partial charge >= 0.3 is 0 Å². The van der Waals surface area contributed by atoms with E-state index in [1.807, 2.05) is 0 Å². The minimum Gasteiger partial charge on any atom is -0.506 e. The molecule has 0 aliphatic carbocycles. The number of nitrogens with two attached hydrogens (primary N) is 1. The standard InChI is InChI=1S/C12H11BrClN3O2/c1-19-5-8-10(13)11(15)17-12(16-8)6-2-3-9(18)7(14)4-6/h2-4,18H,5H2,1H3,(H2,15,16,17). The molecule has 0 amide bonds. The number of ether oxygens (including phenoxy) is 1. The van der Waals surface area contributed by atoms with Crippen molar-refractivity contribution in [3.63, 3.8) is 0 Å². The van der Waals surface area contributed by atoms with E-state index in [-0.39, 0.29) is 10.8 Å². The lowest BCUT2D eigenvalue weighted by Gasteiger charge is -2.09. The van der Waals surface area contributed by atoms with Gasteiger partial charge in [0.15, 0.2) is 5.82 Å². The van der Waals surface area contributed by atoms with Gasteiger partial charge in [0.1, 0.15) is 11.6 Å². The Morgan fingerprint density at radius 1 is 1.42 bits per heavy atom. The fourth-order valence-corrected chi connectivity index (χ4v) is 1.99. The lowest BCUT2D eigenvalue weighted by Crippen LogP contribution is -2.03. The molecule has 0 fully saturated rings. The number of aromatic hydroxyl groups is 1. The normalized spacial score (nSPS) is 10.7. The first-order valence-corrected chi connectivity index (χ1v) is 6.49. The van der Waals surface area contributed by atoms with Gasteiger partial charge in [0.2, 0.25) is 0 Å². The third-order valence-electron chi connectivity index (χ3n) is 2.43. The Hall–Kier alpha value is -1.37. The first-order chi connectivity index (χ1) is 9.02. The molecule has 0 aliphatic heterocycles. The second-order valence-electron chi connectivity index (χ2n) is 3.79. The van der Waals surface area contributed by atoms with Crippen LogP contribution >= 0.6 is 27.5 Å². The maximum Gasteiger partial charge on any atom is 0.161 e. The summed E-state index contributed by atoms with van der Waals surface area (Å²) in [6.07, 6.45) is 0. The topological polar surface area (TPSA) is 81.3 Å². The zero-order valence-electron chi connectivity index (χ0n) is 10.0. The average Bonchev–Trinajstić information content (AvgIpc) is 2.38. The fourth-order valence-electron chi connectivity index (χ4n) is 1.52. The van der Waals surface area contributed by atoms with Gasteiger partial charge in [-0.2, -0.15) is 0 Å². The number of rotatable bonds is 3. The van der Waals surface area contributed by atoms with Crippen LogP contribution in [0.3, 0.4) is 0 Å². The minimum absolute atomic E-state index is 0.00705. The van der Waals surface area contributed by atoms with Crippen molar-refractivity contribution < 1.29 is 9.84 Å². The van der Waals surface area contributed by atoms with E-state index in [2.05, 4.69) is 25.9 Å². The van der Waals surface area contributed by atoms with Crippen molar-refractivity contribution in [1.29, 1.82) is 0 Å². The summed E-state index contributed by atoms with van der Waals surface area (Å²) in [6.45, 7) is 0.312. The van der Waals surface area contributed by atoms with Gasteiger partial charge in [-0.3, -0.25) is 0 Å². The van der Waals surface area contributed by atoms with E-state index in [1.54, 1.807) is 19.2 Å². The van der Waals surface area contributed by atoms with Gasteiger partial charge in [0.25, 0.3) is 0 Å². The van der Waals surface area contributed by atoms with E-state index in [4.69, 9.17) is 22.1 Å². The molecule has 3 N–H and O–H groups in total. The number of methoxy groups -OCH3 is 1. The molecule has 19 heavy (non-hydrogen) atoms. The van der Waals surface area contributed by atoms with E-state index < -0.39 is 0 Å². The molecule has 0 saturated carbocycles. The largest absolute Gasteiger partial charge is 0.506 e. The van der Waals surface area contributed by atoms with Crippen molar-refractivity contribution in [3.05, 3.63) is 33.4 Å². The number of phenols is 1. The highest BCUT2D eigenvalue weighted by Gasteiger charge is 2.12. The molecule has 5 nitrogen and oxygen atoms in total. The summed E-state index contributed by atoms with van der Waals surface area (Å²) in [6, 6.07) is 4.73. The molecule has 0 radical (unpaired) electrons. The van der Waals surface area contributed by atoms with Crippen LogP contribution in [0.15, 0.2) is 22.7 Å². The second-order valence-corrected chi connectivity index (χ2v) is 4.99. The minimum atomic E-state index is 0.00705. The molecule has 0 bridgehead atoms. The zero-order valence-corrected chi connectivity index (χ0v) is 12.4. The Morgan fingerprint density at radius 2 is 2.16 bits per heavy atom. The second kappa shape index (κ2) is 5.73. The van der Waals surface area contributed by atoms with Crippen LogP contribution in [0, 0.1) is 0 Å². The lowest BCUT2D eigenvalue weighted by atomic mass is 10.2. The molecule has 0 saturated heterocycles. The third kappa shape index (κ3) is 2.97. The van der Waals surface area contributed by atoms with Crippen LogP contribution in [0.5, 0.6) is 5.75 Å². The third-order valence-corrected chi connectivity index (χ3v) is 3.60. The summed E-state index contributed by atoms with van der Waals surface area (Å²) in [7, 11) is 1.57. The van der Waals surface area contributed by atoms with Gasteiger partial charge in [-0.05, 0) is 34.1 Å². The Labute approximate surface area is 123 Å². The highest BCUT2D eigenvalue weighted by atomic mass is 79.9. The highest BCUT2D eigenvalue weighted by Crippen LogP contribution is 2.30. The number of nitrogens with zero attached hydrogens (tertiary/aromatic N) is 2. The molecule has 2 aromatic rings. The van der Waals surface area contributed by atoms with Crippen molar-refractivity contribution >= 4 is 33.3 Å². The number of benzene rings is 1. The first-order valence-electron chi connectivity index (χ1n) is 5.32. The van der Waals surface area contributed by atoms with Gasteiger partial charge in [-0.25, -0.2) is 9.97 Å². The molecular formula is C12H11BrClN3O2. The summed E-state index contributed by atoms with van der Waals surface area (Å²) < 4.78 is 5.67. The Kier molecular flexibility index (Phi) is 4.24. The SMILES string of the molecule is COCc1nc(-c2ccc(O)c(Cl)c2)nc(N)c1Br. The van der Waals surface area contributed by atoms with Crippen molar-refractivity contribution in [2.45, 2.75) is 6.61 Å². The van der Waals surface area contributed by atoms with Gasteiger partial charge in [-0.15, -0.1) is 0 Å². The highest BCUT2D eigenvalue weighted by molar-refractivity contribution is 9.10. The number of phenolic OH excluding ortho intramolecular Hbond substituents is 1. The summed E-state index contributed by atoms with van der Waals surface area (Å²) in [5.74, 6) is 0.753. The van der Waals surface area contributed by atoms with E-state index in [0.29, 0.717) is 34.0 Å². The molecular weight excluding hydrogens is 334 g/mol. The molecule has 1 heterocycles. The van der Waals surface area contributed by atoms with Crippen molar-refractivity contribution in [3.8, 4) is 17.1 Å². The van der Waals surface area contributed by atoms with Crippen molar-refractivity contribution in [2.75, 3.05) is 12.8 Å². The fraction of sp³-hybridized carbons (Fsp3) is 0.167. The maximum atomic E-state index is 9.40. The van der Waals surface area contributed by atoms with Crippen LogP contribution in [0.4, 0.5) is 5.82 Å². The van der Waals surface area contributed by atoms with Crippen molar-refractivity contribution in [1.82, 2.24) is 9.97 Å². The molecule has 0 unspecified atom stereocenters. The Bertz CT molecular complexity index is 622. The predicted octanol–water partition coefficient (Wildman–Crippen LogP) is 2.99. The lowest BCUT2D eigenvalue weighted by molar-refractivity contribution is 0.181. The average molecular weight is 345 g/mol. The summed E-state index contributed by atoms with van der Waals surface area (Å²) in [5, 5.41) is 9.64. The van der Waals surface area contributed by atoms with Gasteiger partial charge < -0.3 is 15.6 Å². The summed E-state index contributed by atoms with van der Waals surface area (Å²) >= 11 is 9.18. The van der Waals surface area contributed by atoms with Crippen LogP contribution in [-0.4, -0.2) is 22.2 Å². The van der Waals surface area contributed by atoms with Crippen LogP contribution in [0.1, 0.15) is 5.69 Å². The van der Waals surface area contributed by atoms with Crippen LogP contribution < -0.4 is 5.73 Å². The number of nitrogen functional groups attached to an aromatic ring is 1. The van der Waals surface area contributed by atoms with Crippen LogP contribution in [0.2, 0.25) is 5.02 Å². The smallest absolute Gasteiger partial charge is 0.161 e. The molecule has 1 aromatic heterocycles. The van der Waals surface area contributed by atoms with Crippen LogP contribution in [0.25, 0.3) is 11.4 Å². The van der Waals surface area contributed by atoms with Crippen LogP contribution in [-0.2, 0) is 11.3 Å². The number of hydrogen-bond acceptors (Lipinski definition) is 5. The van der Waals surface area contributed by atoms with Gasteiger partial charge in [-0.1, -0.05) is 11.6 Å². The zero-order chi connectivity index (χ0) is 14.0. The van der Waals surface area contributed by atoms with E-state index in [9.17, 15) is 5.11 Å². The summed E-state index contributed by atoms with van der Waals surface area (Å²) in [4.78, 5) is 8.54. The monoisotopic (exact) mass is 343 g/mol. The van der Waals surface area contributed by atoms with E-state index >= 15 is 0 Å². The first kappa shape index (κ1) is 14.0. The molecule has 1 aromatic carbocycles. The quantitative estimate of drug-likeness (QED) is 0.894. The molecule has 0 aliphatic rings. The summed E-state index contributed by atoms with van der Waals surface area (Å²) in [5.41, 5.74) is 7.13. The number of halogens is 2. The van der Waals surface area contributed by atoms with E-state index in [1.165, 1.54) is 6.07 Å². The molecule has 0 spiro atoms. The number of aromatic nitrogens is 2. The van der Waals surface area contributed by atoms with Crippen molar-refractivity contribution in [2.24, 2.45) is 0 Å². The van der Waals surface area contributed by atoms with Gasteiger partial charge in [0.05, 0.1) is 21.8 Å². The Morgan fingerprint density at radius 3 is 2.79 bits per heavy atom. The Balaban J connectivity index is 2.52. The molecule has 7 heteroatoms.